The first kappa shape index (κ1) is 17.7. The summed E-state index contributed by atoms with van der Waals surface area (Å²) in [6.07, 6.45) is 0. The van der Waals surface area contributed by atoms with Crippen molar-refractivity contribution in [1.29, 1.82) is 0 Å². The minimum atomic E-state index is 0. The maximum atomic E-state index is 6.75. The van der Waals surface area contributed by atoms with Gasteiger partial charge >= 0.3 is 18.6 Å². The fraction of sp³-hybridized carbons (Fsp3) is 0.333. The summed E-state index contributed by atoms with van der Waals surface area (Å²) in [5.74, 6) is 0. The van der Waals surface area contributed by atoms with Gasteiger partial charge in [0.1, 0.15) is 0 Å². The predicted molar refractivity (Wildman–Crippen MR) is 18.3 cm³/mol. The van der Waals surface area contributed by atoms with Crippen molar-refractivity contribution in [3.63, 3.8) is 0 Å². The van der Waals surface area contributed by atoms with Gasteiger partial charge in [0.05, 0.1) is 0 Å². The first-order valence-electron chi connectivity index (χ1n) is 1.02. The van der Waals surface area contributed by atoms with Gasteiger partial charge in [0.25, 0.3) is 0 Å². The van der Waals surface area contributed by atoms with Gasteiger partial charge in [-0.1, -0.05) is 0 Å². The Balaban J connectivity index is -0.0000000133. The minimum absolute atomic E-state index is 0. The Morgan fingerprint density at radius 2 is 1.20 bits per heavy atom. The number of aliphatic hydroxyl groups excluding tert-OH is 1. The van der Waals surface area contributed by atoms with Gasteiger partial charge in [-0.3, -0.25) is 0 Å². The van der Waals surface area contributed by atoms with E-state index in [0.29, 0.717) is 0 Å². The summed E-state index contributed by atoms with van der Waals surface area (Å²) in [6.45, 7) is 5.00. The molecule has 0 aliphatic heterocycles. The van der Waals surface area contributed by atoms with Crippen molar-refractivity contribution in [3.05, 3.63) is 14.0 Å². The van der Waals surface area contributed by atoms with E-state index in [9.17, 15) is 0 Å². The average molecular weight is 111 g/mol. The zero-order valence-electron chi connectivity index (χ0n) is 3.31. The Kier molecular flexibility index (Phi) is 681. The molecule has 0 aliphatic carbocycles. The second-order valence-corrected chi connectivity index (χ2v) is 0. The Morgan fingerprint density at radius 3 is 1.20 bits per heavy atom. The molecule has 0 aromatic heterocycles. The molecule has 0 amide bonds. The number of aliphatic hydroxyl groups is 1. The van der Waals surface area contributed by atoms with Crippen LogP contribution < -0.4 is 0 Å². The second-order valence-electron chi connectivity index (χ2n) is 0. The molecule has 0 aliphatic rings. The number of rotatable bonds is 0. The molecule has 0 fully saturated rings. The predicted octanol–water partition coefficient (Wildman–Crippen LogP) is 0.988. The molecule has 0 bridgehead atoms. The molecule has 0 rings (SSSR count). The minimum Gasteiger partial charge on any atom is -0.569 e. The zero-order valence-corrected chi connectivity index (χ0v) is 4.71. The van der Waals surface area contributed by atoms with Gasteiger partial charge in [-0.25, -0.2) is 7.11 Å². The topological polar surface area (TPSA) is 20.2 Å². The normalized spacial score (nSPS) is 2.40. The zero-order chi connectivity index (χ0) is 4.00. The van der Waals surface area contributed by atoms with Gasteiger partial charge in [-0.15, -0.1) is 0 Å². The fourth-order valence-corrected chi connectivity index (χ4v) is 0. The van der Waals surface area contributed by atoms with Crippen LogP contribution in [0.1, 0.15) is 6.92 Å². The molecule has 0 heterocycles. The van der Waals surface area contributed by atoms with Crippen LogP contribution in [0.2, 0.25) is 0 Å². The second kappa shape index (κ2) is 193. The molecule has 1 nitrogen and oxygen atoms in total. The monoisotopic (exact) mass is 111 g/mol. The van der Waals surface area contributed by atoms with E-state index >= 15 is 0 Å². The van der Waals surface area contributed by atoms with Crippen molar-refractivity contribution in [3.8, 4) is 0 Å². The van der Waals surface area contributed by atoms with Gasteiger partial charge in [-0.2, -0.15) is 6.92 Å². The summed E-state index contributed by atoms with van der Waals surface area (Å²) in [5.41, 5.74) is 0. The maximum Gasteiger partial charge on any atom is 2.00 e. The van der Waals surface area contributed by atoms with E-state index in [2.05, 4.69) is 14.0 Å². The van der Waals surface area contributed by atoms with Crippen molar-refractivity contribution in [2.45, 2.75) is 6.92 Å². The molecule has 0 aromatic carbocycles. The molecule has 2 heteroatoms. The third-order valence-corrected chi connectivity index (χ3v) is 0. The largest absolute Gasteiger partial charge is 2.00 e. The number of hydrogen-bond acceptors (Lipinski definition) is 1. The molecular formula is C3H8OV. The van der Waals surface area contributed by atoms with E-state index in [1.54, 1.807) is 6.92 Å². The van der Waals surface area contributed by atoms with Gasteiger partial charge < -0.3 is 12.0 Å². The molecule has 31 valence electrons. The molecule has 5 heavy (non-hydrogen) atoms. The summed E-state index contributed by atoms with van der Waals surface area (Å²) in [6, 6.07) is 0. The van der Waals surface area contributed by atoms with Crippen LogP contribution in [-0.4, -0.2) is 5.11 Å². The summed E-state index contributed by atoms with van der Waals surface area (Å²) in [5, 5.41) is 6.75. The van der Waals surface area contributed by atoms with E-state index in [4.69, 9.17) is 5.11 Å². The smallest absolute Gasteiger partial charge is 0.569 e. The van der Waals surface area contributed by atoms with Gasteiger partial charge in [0, 0.05) is 0 Å². The Hall–Kier alpha value is 0.544. The molecule has 0 spiro atoms. The van der Waals surface area contributed by atoms with E-state index in [-0.39, 0.29) is 18.6 Å². The van der Waals surface area contributed by atoms with Crippen LogP contribution in [0, 0.1) is 14.0 Å². The molecule has 1 radical (unpaired) electrons. The fourth-order valence-electron chi connectivity index (χ4n) is 0. The van der Waals surface area contributed by atoms with Gasteiger partial charge in [-0.05, 0) is 0 Å². The van der Waals surface area contributed by atoms with E-state index in [1.165, 1.54) is 0 Å². The Bertz CT molecular complexity index is 6.85. The maximum absolute atomic E-state index is 6.75. The molecule has 0 atom stereocenters. The Labute approximate surface area is 45.3 Å². The SMILES string of the molecule is [CH2-]C.[CH2-]O.[V+2]. The summed E-state index contributed by atoms with van der Waals surface area (Å²) < 4.78 is 0. The van der Waals surface area contributed by atoms with Crippen molar-refractivity contribution in [1.82, 2.24) is 0 Å². The van der Waals surface area contributed by atoms with Crippen LogP contribution in [0.5, 0.6) is 0 Å². The van der Waals surface area contributed by atoms with Crippen LogP contribution in [-0.2, 0) is 18.6 Å². The molecule has 0 saturated carbocycles. The molecule has 0 aromatic rings. The summed E-state index contributed by atoms with van der Waals surface area (Å²) >= 11 is 0. The summed E-state index contributed by atoms with van der Waals surface area (Å²) in [7, 11) is 2.25. The molecule has 0 unspecified atom stereocenters. The van der Waals surface area contributed by atoms with Crippen LogP contribution in [0.25, 0.3) is 0 Å². The first-order valence-corrected chi connectivity index (χ1v) is 1.02. The van der Waals surface area contributed by atoms with Crippen molar-refractivity contribution < 1.29 is 23.7 Å². The molecule has 1 N–H and O–H groups in total. The van der Waals surface area contributed by atoms with Gasteiger partial charge in [0.15, 0.2) is 0 Å². The average Bonchev–Trinajstić information content (AvgIpc) is 1.50. The third kappa shape index (κ3) is 99.3. The van der Waals surface area contributed by atoms with Crippen LogP contribution in [0.15, 0.2) is 0 Å². The number of hydrogen-bond donors (Lipinski definition) is 1. The van der Waals surface area contributed by atoms with E-state index in [0.717, 1.165) is 0 Å². The van der Waals surface area contributed by atoms with Crippen molar-refractivity contribution in [2.24, 2.45) is 0 Å². The van der Waals surface area contributed by atoms with E-state index < -0.39 is 0 Å². The van der Waals surface area contributed by atoms with Crippen LogP contribution >= 0.6 is 0 Å². The summed E-state index contributed by atoms with van der Waals surface area (Å²) in [4.78, 5) is 0. The first-order chi connectivity index (χ1) is 2.00. The van der Waals surface area contributed by atoms with Crippen molar-refractivity contribution >= 4 is 0 Å². The molecular weight excluding hydrogens is 103 g/mol. The standard InChI is InChI=1S/C2H5.CH3O.V/c2*1-2;/h1H2,2H3;2H,1H2;/q2*-1;+2. The van der Waals surface area contributed by atoms with Crippen LogP contribution in [0.3, 0.4) is 0 Å². The van der Waals surface area contributed by atoms with Crippen LogP contribution in [0.4, 0.5) is 0 Å². The Morgan fingerprint density at radius 1 is 1.20 bits per heavy atom. The quantitative estimate of drug-likeness (QED) is 0.462. The van der Waals surface area contributed by atoms with E-state index in [1.807, 2.05) is 0 Å². The van der Waals surface area contributed by atoms with Gasteiger partial charge in [0.2, 0.25) is 0 Å². The van der Waals surface area contributed by atoms with Crippen molar-refractivity contribution in [2.75, 3.05) is 0 Å². The third-order valence-electron chi connectivity index (χ3n) is 0. The molecule has 0 saturated heterocycles.